The fourth-order valence-corrected chi connectivity index (χ4v) is 1.04. The highest BCUT2D eigenvalue weighted by Crippen LogP contribution is 2.19. The lowest BCUT2D eigenvalue weighted by Gasteiger charge is -2.06. The number of carboxylic acid groups (broad SMARTS) is 1. The van der Waals surface area contributed by atoms with E-state index < -0.39 is 5.97 Å². The Morgan fingerprint density at radius 2 is 2.40 bits per heavy atom. The summed E-state index contributed by atoms with van der Waals surface area (Å²) in [4.78, 5) is 10.8. The van der Waals surface area contributed by atoms with Gasteiger partial charge < -0.3 is 9.84 Å². The Hall–Kier alpha value is -2.28. The van der Waals surface area contributed by atoms with Crippen molar-refractivity contribution in [2.45, 2.75) is 0 Å². The molecule has 0 aliphatic heterocycles. The van der Waals surface area contributed by atoms with Gasteiger partial charge in [0.25, 0.3) is 0 Å². The molecule has 0 spiro atoms. The Morgan fingerprint density at radius 3 is 2.93 bits per heavy atom. The smallest absolute Gasteiger partial charge is 0.339 e. The van der Waals surface area contributed by atoms with Crippen molar-refractivity contribution in [3.63, 3.8) is 0 Å². The van der Waals surface area contributed by atoms with Crippen LogP contribution in [0.5, 0.6) is 5.75 Å². The van der Waals surface area contributed by atoms with Crippen LogP contribution in [-0.2, 0) is 0 Å². The van der Waals surface area contributed by atoms with Crippen LogP contribution in [0.25, 0.3) is 0 Å². The van der Waals surface area contributed by atoms with Gasteiger partial charge in [-0.05, 0) is 18.2 Å². The van der Waals surface area contributed by atoms with E-state index in [-0.39, 0.29) is 17.9 Å². The number of carbonyl (C=O) groups is 1. The number of rotatable bonds is 4. The highest BCUT2D eigenvalue weighted by atomic mass is 16.5. The molecule has 0 amide bonds. The van der Waals surface area contributed by atoms with Crippen LogP contribution >= 0.6 is 0 Å². The quantitative estimate of drug-likeness (QED) is 0.757. The van der Waals surface area contributed by atoms with Crippen LogP contribution in [-0.4, -0.2) is 17.7 Å². The van der Waals surface area contributed by atoms with Crippen LogP contribution in [0.3, 0.4) is 0 Å². The Morgan fingerprint density at radius 1 is 1.67 bits per heavy atom. The van der Waals surface area contributed by atoms with Gasteiger partial charge in [0, 0.05) is 0 Å². The third-order valence-corrected chi connectivity index (χ3v) is 1.70. The van der Waals surface area contributed by atoms with E-state index in [0.717, 1.165) is 0 Å². The van der Waals surface area contributed by atoms with E-state index in [4.69, 9.17) is 15.1 Å². The summed E-state index contributed by atoms with van der Waals surface area (Å²) >= 11 is 0. The average Bonchev–Trinajstić information content (AvgIpc) is 2.26. The zero-order chi connectivity index (χ0) is 11.3. The molecule has 0 unspecified atom stereocenters. The second-order valence-electron chi connectivity index (χ2n) is 2.73. The molecular formula is C11H9NO3. The fraction of sp³-hybridized carbons (Fsp3) is 0.0909. The van der Waals surface area contributed by atoms with Gasteiger partial charge >= 0.3 is 5.97 Å². The molecule has 15 heavy (non-hydrogen) atoms. The van der Waals surface area contributed by atoms with Crippen molar-refractivity contribution >= 4 is 5.97 Å². The lowest BCUT2D eigenvalue weighted by Crippen LogP contribution is -2.03. The summed E-state index contributed by atoms with van der Waals surface area (Å²) in [5.41, 5.74) is 0.272. The Kier molecular flexibility index (Phi) is 3.47. The number of nitrogens with zero attached hydrogens (tertiary/aromatic N) is 1. The lowest BCUT2D eigenvalue weighted by molar-refractivity contribution is 0.0692. The molecular weight excluding hydrogens is 194 g/mol. The lowest BCUT2D eigenvalue weighted by atomic mass is 10.1. The number of hydrogen-bond acceptors (Lipinski definition) is 3. The van der Waals surface area contributed by atoms with Gasteiger partial charge in [-0.25, -0.2) is 4.79 Å². The Bertz CT molecular complexity index is 432. The van der Waals surface area contributed by atoms with E-state index in [1.807, 2.05) is 6.07 Å². The van der Waals surface area contributed by atoms with Crippen LogP contribution in [0, 0.1) is 11.3 Å². The zero-order valence-corrected chi connectivity index (χ0v) is 7.93. The van der Waals surface area contributed by atoms with Crippen molar-refractivity contribution in [3.05, 3.63) is 42.0 Å². The van der Waals surface area contributed by atoms with Gasteiger partial charge in [0.05, 0.1) is 11.6 Å². The van der Waals surface area contributed by atoms with Crippen LogP contribution in [0.1, 0.15) is 15.9 Å². The molecule has 1 N–H and O–H groups in total. The summed E-state index contributed by atoms with van der Waals surface area (Å²) in [5, 5.41) is 17.5. The minimum absolute atomic E-state index is 0.0177. The van der Waals surface area contributed by atoms with Gasteiger partial charge in [-0.1, -0.05) is 12.7 Å². The number of ether oxygens (including phenoxy) is 1. The average molecular weight is 203 g/mol. The van der Waals surface area contributed by atoms with Crippen molar-refractivity contribution < 1.29 is 14.6 Å². The normalized spacial score (nSPS) is 9.00. The SMILES string of the molecule is C=CCOc1ccc(C#N)cc1C(=O)O. The zero-order valence-electron chi connectivity index (χ0n) is 7.93. The molecule has 4 nitrogen and oxygen atoms in total. The second kappa shape index (κ2) is 4.82. The molecule has 0 aliphatic rings. The highest BCUT2D eigenvalue weighted by molar-refractivity contribution is 5.91. The molecule has 0 aliphatic carbocycles. The fourth-order valence-electron chi connectivity index (χ4n) is 1.04. The number of hydrogen-bond donors (Lipinski definition) is 1. The van der Waals surface area contributed by atoms with E-state index in [2.05, 4.69) is 6.58 Å². The van der Waals surface area contributed by atoms with Crippen molar-refractivity contribution in [2.24, 2.45) is 0 Å². The first-order valence-electron chi connectivity index (χ1n) is 4.20. The van der Waals surface area contributed by atoms with E-state index in [0.29, 0.717) is 5.56 Å². The summed E-state index contributed by atoms with van der Waals surface area (Å²) < 4.78 is 5.14. The Balaban J connectivity index is 3.10. The van der Waals surface area contributed by atoms with Gasteiger partial charge in [0.2, 0.25) is 0 Å². The minimum Gasteiger partial charge on any atom is -0.489 e. The van der Waals surface area contributed by atoms with Crippen molar-refractivity contribution in [3.8, 4) is 11.8 Å². The van der Waals surface area contributed by atoms with Crippen LogP contribution < -0.4 is 4.74 Å². The number of benzene rings is 1. The molecule has 0 heterocycles. The third-order valence-electron chi connectivity index (χ3n) is 1.70. The monoisotopic (exact) mass is 203 g/mol. The number of aromatic carboxylic acids is 1. The van der Waals surface area contributed by atoms with Gasteiger partial charge in [0.15, 0.2) is 0 Å². The van der Waals surface area contributed by atoms with Crippen LogP contribution in [0.4, 0.5) is 0 Å². The van der Waals surface area contributed by atoms with Gasteiger partial charge in [-0.15, -0.1) is 0 Å². The standard InChI is InChI=1S/C11H9NO3/c1-2-5-15-10-4-3-8(7-12)6-9(10)11(13)14/h2-4,6H,1,5H2,(H,13,14). The first-order valence-corrected chi connectivity index (χ1v) is 4.20. The molecule has 1 rings (SSSR count). The first-order chi connectivity index (χ1) is 7.19. The van der Waals surface area contributed by atoms with Gasteiger partial charge in [0.1, 0.15) is 17.9 Å². The summed E-state index contributed by atoms with van der Waals surface area (Å²) in [7, 11) is 0. The molecule has 0 bridgehead atoms. The molecule has 76 valence electrons. The van der Waals surface area contributed by atoms with E-state index >= 15 is 0 Å². The van der Waals surface area contributed by atoms with E-state index in [1.165, 1.54) is 24.3 Å². The highest BCUT2D eigenvalue weighted by Gasteiger charge is 2.11. The summed E-state index contributed by atoms with van der Waals surface area (Å²) in [6, 6.07) is 6.11. The number of carboxylic acids is 1. The van der Waals surface area contributed by atoms with E-state index in [1.54, 1.807) is 0 Å². The number of nitriles is 1. The van der Waals surface area contributed by atoms with E-state index in [9.17, 15) is 4.79 Å². The van der Waals surface area contributed by atoms with Gasteiger partial charge in [-0.3, -0.25) is 0 Å². The molecule has 0 saturated heterocycles. The largest absolute Gasteiger partial charge is 0.489 e. The third kappa shape index (κ3) is 2.58. The molecule has 1 aromatic rings. The second-order valence-corrected chi connectivity index (χ2v) is 2.73. The summed E-state index contributed by atoms with van der Waals surface area (Å²) in [6.45, 7) is 3.69. The molecule has 0 radical (unpaired) electrons. The predicted octanol–water partition coefficient (Wildman–Crippen LogP) is 1.82. The van der Waals surface area contributed by atoms with Crippen molar-refractivity contribution in [1.82, 2.24) is 0 Å². The van der Waals surface area contributed by atoms with Crippen molar-refractivity contribution in [2.75, 3.05) is 6.61 Å². The van der Waals surface area contributed by atoms with Gasteiger partial charge in [-0.2, -0.15) is 5.26 Å². The molecule has 4 heteroatoms. The van der Waals surface area contributed by atoms with Crippen LogP contribution in [0.2, 0.25) is 0 Å². The van der Waals surface area contributed by atoms with Crippen LogP contribution in [0.15, 0.2) is 30.9 Å². The maximum absolute atomic E-state index is 10.8. The molecule has 0 saturated carbocycles. The summed E-state index contributed by atoms with van der Waals surface area (Å²) in [6.07, 6.45) is 1.52. The molecule has 0 atom stereocenters. The minimum atomic E-state index is -1.12. The molecule has 0 fully saturated rings. The molecule has 0 aromatic heterocycles. The Labute approximate surface area is 87.0 Å². The first kappa shape index (κ1) is 10.8. The maximum Gasteiger partial charge on any atom is 0.339 e. The summed E-state index contributed by atoms with van der Waals surface area (Å²) in [5.74, 6) is -0.882. The predicted molar refractivity (Wildman–Crippen MR) is 53.8 cm³/mol. The van der Waals surface area contributed by atoms with Crippen molar-refractivity contribution in [1.29, 1.82) is 5.26 Å². The molecule has 1 aromatic carbocycles. The maximum atomic E-state index is 10.8. The topological polar surface area (TPSA) is 70.3 Å².